The Bertz CT molecular complexity index is 237. The average Bonchev–Trinajstić information content (AvgIpc) is 2.62. The number of piperidine rings is 1. The highest BCUT2D eigenvalue weighted by atomic mass is 16.5. The molecule has 0 bridgehead atoms. The van der Waals surface area contributed by atoms with E-state index in [-0.39, 0.29) is 0 Å². The summed E-state index contributed by atoms with van der Waals surface area (Å²) in [5.74, 6) is 0.807. The quantitative estimate of drug-likeness (QED) is 0.691. The molecule has 72 valence electrons. The van der Waals surface area contributed by atoms with Gasteiger partial charge in [0.05, 0.1) is 5.69 Å². The Labute approximate surface area is 78.7 Å². The van der Waals surface area contributed by atoms with Crippen LogP contribution >= 0.6 is 0 Å². The molecule has 0 aliphatic carbocycles. The molecule has 3 nitrogen and oxygen atoms in total. The van der Waals surface area contributed by atoms with Gasteiger partial charge in [-0.2, -0.15) is 0 Å². The van der Waals surface area contributed by atoms with Crippen LogP contribution in [0.5, 0.6) is 0 Å². The lowest BCUT2D eigenvalue weighted by molar-refractivity contribution is 0.217. The van der Waals surface area contributed by atoms with Gasteiger partial charge in [0.15, 0.2) is 0 Å². The summed E-state index contributed by atoms with van der Waals surface area (Å²) in [6, 6.07) is 1.97. The van der Waals surface area contributed by atoms with E-state index in [0.717, 1.165) is 18.0 Å². The normalized spacial score (nSPS) is 20.7. The van der Waals surface area contributed by atoms with Crippen molar-refractivity contribution in [3.05, 3.63) is 18.0 Å². The predicted octanol–water partition coefficient (Wildman–Crippen LogP) is 1.56. The van der Waals surface area contributed by atoms with E-state index in [9.17, 15) is 0 Å². The molecule has 1 aromatic heterocycles. The lowest BCUT2D eigenvalue weighted by Gasteiger charge is -2.28. The molecule has 1 aromatic rings. The van der Waals surface area contributed by atoms with Crippen LogP contribution < -0.4 is 0 Å². The number of nitrogens with zero attached hydrogens (tertiary/aromatic N) is 2. The Morgan fingerprint density at radius 2 is 2.31 bits per heavy atom. The summed E-state index contributed by atoms with van der Waals surface area (Å²) in [5, 5.41) is 3.94. The molecular formula is C10H16N2O. The first-order valence-corrected chi connectivity index (χ1v) is 4.92. The molecule has 3 heteroatoms. The minimum Gasteiger partial charge on any atom is -0.365 e. The van der Waals surface area contributed by atoms with Gasteiger partial charge in [-0.05, 0) is 45.3 Å². The van der Waals surface area contributed by atoms with Gasteiger partial charge >= 0.3 is 0 Å². The van der Waals surface area contributed by atoms with E-state index < -0.39 is 0 Å². The van der Waals surface area contributed by atoms with Gasteiger partial charge in [-0.3, -0.25) is 0 Å². The lowest BCUT2D eigenvalue weighted by Crippen LogP contribution is -2.30. The molecule has 0 amide bonds. The van der Waals surface area contributed by atoms with E-state index in [4.69, 9.17) is 4.52 Å². The maximum Gasteiger partial charge on any atom is 0.124 e. The first-order valence-electron chi connectivity index (χ1n) is 4.92. The summed E-state index contributed by atoms with van der Waals surface area (Å²) in [6.07, 6.45) is 5.33. The van der Waals surface area contributed by atoms with Crippen molar-refractivity contribution in [2.45, 2.75) is 19.3 Å². The molecule has 1 aliphatic heterocycles. The third kappa shape index (κ3) is 2.31. The van der Waals surface area contributed by atoms with Crippen molar-refractivity contribution in [2.24, 2.45) is 5.92 Å². The van der Waals surface area contributed by atoms with Crippen LogP contribution in [0.25, 0.3) is 0 Å². The van der Waals surface area contributed by atoms with E-state index in [1.54, 1.807) is 6.26 Å². The van der Waals surface area contributed by atoms with Crippen LogP contribution in [-0.4, -0.2) is 30.2 Å². The van der Waals surface area contributed by atoms with Gasteiger partial charge in [-0.25, -0.2) is 0 Å². The molecule has 0 N–H and O–H groups in total. The van der Waals surface area contributed by atoms with E-state index in [2.05, 4.69) is 17.1 Å². The number of likely N-dealkylation sites (tertiary alicyclic amines) is 1. The van der Waals surface area contributed by atoms with Gasteiger partial charge in [-0.1, -0.05) is 5.16 Å². The summed E-state index contributed by atoms with van der Waals surface area (Å²) in [6.45, 7) is 2.45. The first kappa shape index (κ1) is 8.75. The summed E-state index contributed by atoms with van der Waals surface area (Å²) in [5.41, 5.74) is 1.11. The summed E-state index contributed by atoms with van der Waals surface area (Å²) in [4.78, 5) is 2.39. The summed E-state index contributed by atoms with van der Waals surface area (Å²) in [7, 11) is 2.19. The highest BCUT2D eigenvalue weighted by Crippen LogP contribution is 2.19. The molecule has 2 rings (SSSR count). The molecule has 0 spiro atoms. The van der Waals surface area contributed by atoms with E-state index >= 15 is 0 Å². The second kappa shape index (κ2) is 3.92. The zero-order valence-electron chi connectivity index (χ0n) is 8.07. The molecule has 0 radical (unpaired) electrons. The molecule has 0 unspecified atom stereocenters. The largest absolute Gasteiger partial charge is 0.365 e. The SMILES string of the molecule is CN1CCC(Cc2ccon2)CC1. The minimum atomic E-state index is 0.807. The molecule has 1 aliphatic rings. The summed E-state index contributed by atoms with van der Waals surface area (Å²) >= 11 is 0. The molecule has 0 aromatic carbocycles. The first-order chi connectivity index (χ1) is 6.34. The average molecular weight is 180 g/mol. The zero-order valence-corrected chi connectivity index (χ0v) is 8.07. The second-order valence-corrected chi connectivity index (χ2v) is 3.94. The Balaban J connectivity index is 1.83. The van der Waals surface area contributed by atoms with Crippen molar-refractivity contribution in [3.63, 3.8) is 0 Å². The molecule has 2 heterocycles. The zero-order chi connectivity index (χ0) is 9.10. The van der Waals surface area contributed by atoms with Gasteiger partial charge in [0, 0.05) is 6.07 Å². The van der Waals surface area contributed by atoms with Crippen LogP contribution in [-0.2, 0) is 6.42 Å². The third-order valence-electron chi connectivity index (χ3n) is 2.83. The Morgan fingerprint density at radius 3 is 2.92 bits per heavy atom. The van der Waals surface area contributed by atoms with Crippen LogP contribution in [0.3, 0.4) is 0 Å². The monoisotopic (exact) mass is 180 g/mol. The number of aromatic nitrogens is 1. The van der Waals surface area contributed by atoms with E-state index in [1.807, 2.05) is 6.07 Å². The van der Waals surface area contributed by atoms with Crippen LogP contribution in [0.4, 0.5) is 0 Å². The fraction of sp³-hybridized carbons (Fsp3) is 0.700. The standard InChI is InChI=1S/C10H16N2O/c1-12-5-2-9(3-6-12)8-10-4-7-13-11-10/h4,7,9H,2-3,5-6,8H2,1H3. The fourth-order valence-corrected chi connectivity index (χ4v) is 1.90. The number of hydrogen-bond acceptors (Lipinski definition) is 3. The molecule has 0 atom stereocenters. The molecule has 1 fully saturated rings. The van der Waals surface area contributed by atoms with Gasteiger partial charge in [0.25, 0.3) is 0 Å². The number of rotatable bonds is 2. The van der Waals surface area contributed by atoms with Gasteiger partial charge in [-0.15, -0.1) is 0 Å². The van der Waals surface area contributed by atoms with Gasteiger partial charge in [0.1, 0.15) is 6.26 Å². The molecule has 1 saturated heterocycles. The number of hydrogen-bond donors (Lipinski definition) is 0. The van der Waals surface area contributed by atoms with Crippen molar-refractivity contribution in [3.8, 4) is 0 Å². The van der Waals surface area contributed by atoms with Crippen LogP contribution in [0.15, 0.2) is 16.9 Å². The minimum absolute atomic E-state index is 0.807. The van der Waals surface area contributed by atoms with E-state index in [1.165, 1.54) is 25.9 Å². The maximum atomic E-state index is 4.82. The highest BCUT2D eigenvalue weighted by molar-refractivity contribution is 4.97. The van der Waals surface area contributed by atoms with Crippen molar-refractivity contribution < 1.29 is 4.52 Å². The summed E-state index contributed by atoms with van der Waals surface area (Å²) < 4.78 is 4.82. The Hall–Kier alpha value is -0.830. The van der Waals surface area contributed by atoms with Gasteiger partial charge in [0.2, 0.25) is 0 Å². The smallest absolute Gasteiger partial charge is 0.124 e. The Kier molecular flexibility index (Phi) is 2.64. The van der Waals surface area contributed by atoms with Crippen molar-refractivity contribution in [1.29, 1.82) is 0 Å². The molecular weight excluding hydrogens is 164 g/mol. The van der Waals surface area contributed by atoms with Crippen LogP contribution in [0, 0.1) is 5.92 Å². The Morgan fingerprint density at radius 1 is 1.54 bits per heavy atom. The molecule has 0 saturated carbocycles. The maximum absolute atomic E-state index is 4.82. The van der Waals surface area contributed by atoms with E-state index in [0.29, 0.717) is 0 Å². The third-order valence-corrected chi connectivity index (χ3v) is 2.83. The van der Waals surface area contributed by atoms with Crippen molar-refractivity contribution in [1.82, 2.24) is 10.1 Å². The predicted molar refractivity (Wildman–Crippen MR) is 50.4 cm³/mol. The van der Waals surface area contributed by atoms with Crippen LogP contribution in [0.2, 0.25) is 0 Å². The second-order valence-electron chi connectivity index (χ2n) is 3.94. The highest BCUT2D eigenvalue weighted by Gasteiger charge is 2.17. The van der Waals surface area contributed by atoms with Crippen LogP contribution in [0.1, 0.15) is 18.5 Å². The topological polar surface area (TPSA) is 29.3 Å². The van der Waals surface area contributed by atoms with Crippen molar-refractivity contribution >= 4 is 0 Å². The lowest BCUT2D eigenvalue weighted by atomic mass is 9.92. The van der Waals surface area contributed by atoms with Gasteiger partial charge < -0.3 is 9.42 Å². The fourth-order valence-electron chi connectivity index (χ4n) is 1.90. The molecule has 13 heavy (non-hydrogen) atoms. The van der Waals surface area contributed by atoms with Crippen molar-refractivity contribution in [2.75, 3.05) is 20.1 Å².